The molecule has 0 fully saturated rings. The molecule has 0 spiro atoms. The van der Waals surface area contributed by atoms with Crippen molar-refractivity contribution in [2.45, 2.75) is 6.61 Å². The molecule has 1 aromatic heterocycles. The fourth-order valence-electron chi connectivity index (χ4n) is 2.20. The van der Waals surface area contributed by atoms with Gasteiger partial charge in [-0.1, -0.05) is 36.4 Å². The van der Waals surface area contributed by atoms with E-state index in [9.17, 15) is 4.79 Å². The summed E-state index contributed by atoms with van der Waals surface area (Å²) in [6.07, 6.45) is 2.62. The zero-order valence-corrected chi connectivity index (χ0v) is 13.9. The number of carbonyl (C=O) groups is 1. The van der Waals surface area contributed by atoms with Crippen LogP contribution in [-0.4, -0.2) is 16.1 Å². The van der Waals surface area contributed by atoms with Crippen LogP contribution in [0.5, 0.6) is 17.4 Å². The lowest BCUT2D eigenvalue weighted by molar-refractivity contribution is -0.131. The molecule has 26 heavy (non-hydrogen) atoms. The minimum Gasteiger partial charge on any atom is -0.487 e. The smallest absolute Gasteiger partial charge is 0.328 e. The highest BCUT2D eigenvalue weighted by atomic mass is 16.5. The molecule has 0 aliphatic heterocycles. The van der Waals surface area contributed by atoms with E-state index >= 15 is 0 Å². The molecule has 0 saturated heterocycles. The molecule has 3 rings (SSSR count). The highest BCUT2D eigenvalue weighted by Crippen LogP contribution is 2.20. The van der Waals surface area contributed by atoms with Crippen molar-refractivity contribution in [1.29, 1.82) is 0 Å². The molecule has 5 nitrogen and oxygen atoms in total. The molecule has 130 valence electrons. The predicted octanol–water partition coefficient (Wildman–Crippen LogP) is 4.55. The third-order valence-electron chi connectivity index (χ3n) is 3.43. The normalized spacial score (nSPS) is 10.6. The summed E-state index contributed by atoms with van der Waals surface area (Å²) in [4.78, 5) is 14.9. The summed E-state index contributed by atoms with van der Waals surface area (Å²) in [7, 11) is 0. The van der Waals surface area contributed by atoms with Crippen LogP contribution in [0.2, 0.25) is 0 Å². The maximum absolute atomic E-state index is 10.5. The minimum absolute atomic E-state index is 0.302. The molecule has 0 saturated carbocycles. The third kappa shape index (κ3) is 5.21. The van der Waals surface area contributed by atoms with Gasteiger partial charge in [-0.05, 0) is 42.0 Å². The Morgan fingerprint density at radius 3 is 2.42 bits per heavy atom. The molecule has 0 amide bonds. The van der Waals surface area contributed by atoms with E-state index < -0.39 is 5.97 Å². The number of aromatic nitrogens is 1. The number of hydrogen-bond acceptors (Lipinski definition) is 4. The standard InChI is InChI=1S/C21H17NO4/c23-21(24)14-11-16-9-12-18(13-10-16)25-15-17-5-4-8-20(22-17)26-19-6-2-1-3-7-19/h1-14H,15H2,(H,23,24). The van der Waals surface area contributed by atoms with Gasteiger partial charge in [0.05, 0.1) is 5.69 Å². The molecule has 2 aromatic carbocycles. The number of carboxylic acid groups (broad SMARTS) is 1. The molecule has 0 atom stereocenters. The van der Waals surface area contributed by atoms with Crippen molar-refractivity contribution in [2.75, 3.05) is 0 Å². The fraction of sp³-hybridized carbons (Fsp3) is 0.0476. The molecule has 1 N–H and O–H groups in total. The van der Waals surface area contributed by atoms with Gasteiger partial charge in [0, 0.05) is 12.1 Å². The predicted molar refractivity (Wildman–Crippen MR) is 98.2 cm³/mol. The van der Waals surface area contributed by atoms with Gasteiger partial charge in [-0.15, -0.1) is 0 Å². The molecule has 5 heteroatoms. The first-order chi connectivity index (χ1) is 12.7. The molecule has 0 bridgehead atoms. The van der Waals surface area contributed by atoms with Gasteiger partial charge in [0.2, 0.25) is 5.88 Å². The summed E-state index contributed by atoms with van der Waals surface area (Å²) in [6, 6.07) is 22.1. The van der Waals surface area contributed by atoms with Crippen LogP contribution in [0.3, 0.4) is 0 Å². The van der Waals surface area contributed by atoms with Gasteiger partial charge in [-0.3, -0.25) is 0 Å². The number of nitrogens with zero attached hydrogens (tertiary/aromatic N) is 1. The summed E-state index contributed by atoms with van der Waals surface area (Å²) in [5.41, 5.74) is 1.53. The van der Waals surface area contributed by atoms with Crippen molar-refractivity contribution in [3.05, 3.63) is 90.1 Å². The molecule has 0 aliphatic rings. The van der Waals surface area contributed by atoms with Crippen LogP contribution in [0.25, 0.3) is 6.08 Å². The van der Waals surface area contributed by atoms with Crippen LogP contribution in [0.1, 0.15) is 11.3 Å². The van der Waals surface area contributed by atoms with Crippen LogP contribution in [0.4, 0.5) is 0 Å². The molecule has 1 heterocycles. The Bertz CT molecular complexity index is 889. The number of rotatable bonds is 7. The lowest BCUT2D eigenvalue weighted by atomic mass is 10.2. The summed E-state index contributed by atoms with van der Waals surface area (Å²) in [6.45, 7) is 0.302. The van der Waals surface area contributed by atoms with Gasteiger partial charge >= 0.3 is 5.97 Å². The first kappa shape index (κ1) is 17.2. The SMILES string of the molecule is O=C(O)C=Cc1ccc(OCc2cccc(Oc3ccccc3)n2)cc1. The van der Waals surface area contributed by atoms with Gasteiger partial charge in [0.15, 0.2) is 0 Å². The Hall–Kier alpha value is -3.60. The van der Waals surface area contributed by atoms with Crippen molar-refractivity contribution in [2.24, 2.45) is 0 Å². The first-order valence-corrected chi connectivity index (χ1v) is 8.02. The van der Waals surface area contributed by atoms with E-state index in [0.717, 1.165) is 23.1 Å². The maximum Gasteiger partial charge on any atom is 0.328 e. The highest BCUT2D eigenvalue weighted by Gasteiger charge is 2.02. The monoisotopic (exact) mass is 347 g/mol. The van der Waals surface area contributed by atoms with Crippen LogP contribution in [0, 0.1) is 0 Å². The van der Waals surface area contributed by atoms with Gasteiger partial charge < -0.3 is 14.6 Å². The summed E-state index contributed by atoms with van der Waals surface area (Å²) in [5.74, 6) is 0.928. The topological polar surface area (TPSA) is 68.7 Å². The summed E-state index contributed by atoms with van der Waals surface area (Å²) < 4.78 is 11.4. The van der Waals surface area contributed by atoms with E-state index in [1.54, 1.807) is 30.3 Å². The second kappa shape index (κ2) is 8.48. The van der Waals surface area contributed by atoms with Crippen molar-refractivity contribution in [1.82, 2.24) is 4.98 Å². The van der Waals surface area contributed by atoms with E-state index in [-0.39, 0.29) is 0 Å². The zero-order chi connectivity index (χ0) is 18.2. The molecule has 0 aliphatic carbocycles. The number of para-hydroxylation sites is 1. The molecule has 0 radical (unpaired) electrons. The average molecular weight is 347 g/mol. The van der Waals surface area contributed by atoms with Crippen molar-refractivity contribution in [3.63, 3.8) is 0 Å². The summed E-state index contributed by atoms with van der Waals surface area (Å²) >= 11 is 0. The number of ether oxygens (including phenoxy) is 2. The van der Waals surface area contributed by atoms with E-state index in [1.807, 2.05) is 42.5 Å². The Morgan fingerprint density at radius 2 is 1.69 bits per heavy atom. The Balaban J connectivity index is 1.59. The number of carboxylic acids is 1. The molecular weight excluding hydrogens is 330 g/mol. The molecular formula is C21H17NO4. The van der Waals surface area contributed by atoms with Crippen molar-refractivity contribution >= 4 is 12.0 Å². The Morgan fingerprint density at radius 1 is 0.923 bits per heavy atom. The van der Waals surface area contributed by atoms with E-state index in [1.165, 1.54) is 6.08 Å². The van der Waals surface area contributed by atoms with Gasteiger partial charge in [-0.2, -0.15) is 0 Å². The summed E-state index contributed by atoms with van der Waals surface area (Å²) in [5, 5.41) is 8.63. The lowest BCUT2D eigenvalue weighted by Crippen LogP contribution is -1.99. The van der Waals surface area contributed by atoms with E-state index in [0.29, 0.717) is 18.2 Å². The Kier molecular flexibility index (Phi) is 5.62. The number of hydrogen-bond donors (Lipinski definition) is 1. The van der Waals surface area contributed by atoms with Crippen LogP contribution in [-0.2, 0) is 11.4 Å². The quantitative estimate of drug-likeness (QED) is 0.635. The zero-order valence-electron chi connectivity index (χ0n) is 13.9. The average Bonchev–Trinajstić information content (AvgIpc) is 2.67. The lowest BCUT2D eigenvalue weighted by Gasteiger charge is -2.08. The molecule has 3 aromatic rings. The minimum atomic E-state index is -0.978. The van der Waals surface area contributed by atoms with E-state index in [2.05, 4.69) is 4.98 Å². The fourth-order valence-corrected chi connectivity index (χ4v) is 2.20. The molecule has 0 unspecified atom stereocenters. The van der Waals surface area contributed by atoms with Gasteiger partial charge in [0.25, 0.3) is 0 Å². The highest BCUT2D eigenvalue weighted by molar-refractivity contribution is 5.85. The van der Waals surface area contributed by atoms with Gasteiger partial charge in [0.1, 0.15) is 18.1 Å². The van der Waals surface area contributed by atoms with Gasteiger partial charge in [-0.25, -0.2) is 9.78 Å². The third-order valence-corrected chi connectivity index (χ3v) is 3.43. The van der Waals surface area contributed by atoms with Crippen LogP contribution in [0.15, 0.2) is 78.9 Å². The Labute approximate surface area is 151 Å². The second-order valence-electron chi connectivity index (χ2n) is 5.41. The van der Waals surface area contributed by atoms with Crippen LogP contribution >= 0.6 is 0 Å². The largest absolute Gasteiger partial charge is 0.487 e. The van der Waals surface area contributed by atoms with E-state index in [4.69, 9.17) is 14.6 Å². The second-order valence-corrected chi connectivity index (χ2v) is 5.41. The van der Waals surface area contributed by atoms with Crippen LogP contribution < -0.4 is 9.47 Å². The first-order valence-electron chi connectivity index (χ1n) is 8.02. The number of aliphatic carboxylic acids is 1. The maximum atomic E-state index is 10.5. The number of pyridine rings is 1. The van der Waals surface area contributed by atoms with Crippen molar-refractivity contribution in [3.8, 4) is 17.4 Å². The van der Waals surface area contributed by atoms with Crippen molar-refractivity contribution < 1.29 is 19.4 Å². The number of benzene rings is 2.